The number of thioether (sulfide) groups is 1. The van der Waals surface area contributed by atoms with E-state index in [1.165, 1.54) is 4.90 Å². The molecule has 184 valence electrons. The molecule has 9 nitrogen and oxygen atoms in total. The number of hydrogen-bond acceptors (Lipinski definition) is 6. The molecular formula is C22H40N4O5S. The number of carboxylic acids is 1. The molecule has 0 aromatic carbocycles. The van der Waals surface area contributed by atoms with Gasteiger partial charge in [0, 0.05) is 6.54 Å². The summed E-state index contributed by atoms with van der Waals surface area (Å²) in [4.78, 5) is 51.7. The lowest BCUT2D eigenvalue weighted by molar-refractivity contribution is -0.143. The zero-order valence-electron chi connectivity index (χ0n) is 19.9. The Kier molecular flexibility index (Phi) is 12.1. The predicted molar refractivity (Wildman–Crippen MR) is 126 cm³/mol. The van der Waals surface area contributed by atoms with Crippen molar-refractivity contribution in [3.05, 3.63) is 0 Å². The molecule has 0 spiro atoms. The molecule has 32 heavy (non-hydrogen) atoms. The van der Waals surface area contributed by atoms with Gasteiger partial charge in [0.15, 0.2) is 0 Å². The van der Waals surface area contributed by atoms with Crippen molar-refractivity contribution in [2.75, 3.05) is 18.6 Å². The van der Waals surface area contributed by atoms with Gasteiger partial charge in [-0.05, 0) is 55.9 Å². The second-order valence-electron chi connectivity index (χ2n) is 9.30. The Morgan fingerprint density at radius 1 is 1.06 bits per heavy atom. The highest BCUT2D eigenvalue weighted by atomic mass is 32.2. The number of amides is 3. The van der Waals surface area contributed by atoms with E-state index >= 15 is 0 Å². The molecule has 0 saturated carbocycles. The molecule has 0 bridgehead atoms. The molecule has 1 saturated heterocycles. The number of carboxylic acid groups (broad SMARTS) is 1. The normalized spacial score (nSPS) is 19.0. The Hall–Kier alpha value is -1.81. The Balaban J connectivity index is 2.88. The maximum Gasteiger partial charge on any atom is 0.326 e. The highest BCUT2D eigenvalue weighted by Gasteiger charge is 2.38. The second kappa shape index (κ2) is 13.7. The van der Waals surface area contributed by atoms with Crippen molar-refractivity contribution in [1.29, 1.82) is 0 Å². The minimum atomic E-state index is -1.10. The number of nitrogens with zero attached hydrogens (tertiary/aromatic N) is 1. The summed E-state index contributed by atoms with van der Waals surface area (Å²) in [5, 5.41) is 14.8. The molecule has 5 N–H and O–H groups in total. The topological polar surface area (TPSA) is 142 Å². The minimum Gasteiger partial charge on any atom is -0.480 e. The van der Waals surface area contributed by atoms with Gasteiger partial charge in [-0.1, -0.05) is 27.7 Å². The number of aliphatic carboxylic acids is 1. The average molecular weight is 473 g/mol. The number of carbonyl (C=O) groups is 4. The predicted octanol–water partition coefficient (Wildman–Crippen LogP) is 1.20. The lowest BCUT2D eigenvalue weighted by Gasteiger charge is -2.29. The number of likely N-dealkylation sites (tertiary alicyclic amines) is 1. The zero-order valence-corrected chi connectivity index (χ0v) is 20.7. The van der Waals surface area contributed by atoms with Crippen LogP contribution in [0.4, 0.5) is 0 Å². The quantitative estimate of drug-likeness (QED) is 0.315. The lowest BCUT2D eigenvalue weighted by Crippen LogP contribution is -2.57. The summed E-state index contributed by atoms with van der Waals surface area (Å²) < 4.78 is 0. The summed E-state index contributed by atoms with van der Waals surface area (Å²) >= 11 is 1.61. The van der Waals surface area contributed by atoms with E-state index in [1.807, 2.05) is 34.0 Å². The van der Waals surface area contributed by atoms with Crippen molar-refractivity contribution < 1.29 is 24.3 Å². The molecule has 1 heterocycles. The smallest absolute Gasteiger partial charge is 0.326 e. The first-order valence-electron chi connectivity index (χ1n) is 11.4. The summed E-state index contributed by atoms with van der Waals surface area (Å²) in [6.45, 7) is 8.06. The molecule has 0 aromatic rings. The van der Waals surface area contributed by atoms with Crippen LogP contribution in [0.25, 0.3) is 0 Å². The molecule has 0 aromatic heterocycles. The number of rotatable bonds is 13. The average Bonchev–Trinajstić information content (AvgIpc) is 3.19. The van der Waals surface area contributed by atoms with Gasteiger partial charge in [-0.25, -0.2) is 4.79 Å². The SMILES string of the molecule is CSCCC(N)C(=O)N1CCCC1C(=O)NC(CC(C)C)C(=O)NC(CC(C)C)C(=O)O. The molecule has 4 unspecified atom stereocenters. The van der Waals surface area contributed by atoms with Crippen LogP contribution < -0.4 is 16.4 Å². The van der Waals surface area contributed by atoms with Crippen molar-refractivity contribution in [3.63, 3.8) is 0 Å². The zero-order chi connectivity index (χ0) is 24.4. The molecule has 1 aliphatic heterocycles. The van der Waals surface area contributed by atoms with Gasteiger partial charge >= 0.3 is 5.97 Å². The van der Waals surface area contributed by atoms with Crippen molar-refractivity contribution in [2.45, 2.75) is 84.0 Å². The van der Waals surface area contributed by atoms with E-state index in [9.17, 15) is 24.3 Å². The van der Waals surface area contributed by atoms with Crippen LogP contribution in [0.5, 0.6) is 0 Å². The first kappa shape index (κ1) is 28.2. The first-order chi connectivity index (χ1) is 15.0. The number of carbonyl (C=O) groups excluding carboxylic acids is 3. The van der Waals surface area contributed by atoms with E-state index in [-0.39, 0.29) is 17.7 Å². The molecule has 0 aliphatic carbocycles. The van der Waals surface area contributed by atoms with Gasteiger partial charge in [-0.3, -0.25) is 14.4 Å². The lowest BCUT2D eigenvalue weighted by atomic mass is 10.00. The van der Waals surface area contributed by atoms with E-state index in [0.717, 1.165) is 5.75 Å². The summed E-state index contributed by atoms with van der Waals surface area (Å²) in [5.41, 5.74) is 6.03. The van der Waals surface area contributed by atoms with Crippen molar-refractivity contribution in [1.82, 2.24) is 15.5 Å². The molecule has 10 heteroatoms. The Morgan fingerprint density at radius 2 is 1.66 bits per heavy atom. The largest absolute Gasteiger partial charge is 0.480 e. The maximum absolute atomic E-state index is 13.0. The van der Waals surface area contributed by atoms with Gasteiger partial charge in [0.05, 0.1) is 6.04 Å². The van der Waals surface area contributed by atoms with Gasteiger partial charge in [-0.15, -0.1) is 0 Å². The van der Waals surface area contributed by atoms with E-state index < -0.39 is 42.0 Å². The monoisotopic (exact) mass is 472 g/mol. The van der Waals surface area contributed by atoms with Gasteiger partial charge in [0.25, 0.3) is 0 Å². The van der Waals surface area contributed by atoms with E-state index in [2.05, 4.69) is 10.6 Å². The van der Waals surface area contributed by atoms with Crippen molar-refractivity contribution in [2.24, 2.45) is 17.6 Å². The van der Waals surface area contributed by atoms with Crippen LogP contribution in [0.3, 0.4) is 0 Å². The van der Waals surface area contributed by atoms with Crippen LogP contribution in [-0.2, 0) is 19.2 Å². The van der Waals surface area contributed by atoms with Crippen LogP contribution in [0, 0.1) is 11.8 Å². The fraction of sp³-hybridized carbons (Fsp3) is 0.818. The van der Waals surface area contributed by atoms with E-state index in [4.69, 9.17) is 5.73 Å². The molecule has 1 rings (SSSR count). The minimum absolute atomic E-state index is 0.0860. The van der Waals surface area contributed by atoms with Gasteiger partial charge in [-0.2, -0.15) is 11.8 Å². The summed E-state index contributed by atoms with van der Waals surface area (Å²) in [5.74, 6) is -1.33. The van der Waals surface area contributed by atoms with Crippen molar-refractivity contribution >= 4 is 35.5 Å². The second-order valence-corrected chi connectivity index (χ2v) is 10.3. The molecule has 3 amide bonds. The first-order valence-corrected chi connectivity index (χ1v) is 12.8. The third-order valence-electron chi connectivity index (χ3n) is 5.45. The van der Waals surface area contributed by atoms with E-state index in [1.54, 1.807) is 11.8 Å². The molecule has 0 radical (unpaired) electrons. The fourth-order valence-corrected chi connectivity index (χ4v) is 4.31. The number of hydrogen-bond donors (Lipinski definition) is 4. The summed E-state index contributed by atoms with van der Waals surface area (Å²) in [7, 11) is 0. The van der Waals surface area contributed by atoms with E-state index in [0.29, 0.717) is 38.6 Å². The van der Waals surface area contributed by atoms with Crippen molar-refractivity contribution in [3.8, 4) is 0 Å². The highest BCUT2D eigenvalue weighted by Crippen LogP contribution is 2.20. The van der Waals surface area contributed by atoms with Gasteiger partial charge < -0.3 is 26.4 Å². The maximum atomic E-state index is 13.0. The van der Waals surface area contributed by atoms with Crippen LogP contribution in [0.2, 0.25) is 0 Å². The summed E-state index contributed by atoms with van der Waals surface area (Å²) in [6.07, 6.45) is 4.33. The number of nitrogens with two attached hydrogens (primary N) is 1. The third-order valence-corrected chi connectivity index (χ3v) is 6.09. The standard InChI is InChI=1S/C22H40N4O5S/c1-13(2)11-16(19(27)25-17(22(30)31)12-14(3)4)24-20(28)18-7-6-9-26(18)21(29)15(23)8-10-32-5/h13-18H,6-12,23H2,1-5H3,(H,24,28)(H,25,27)(H,30,31). The van der Waals surface area contributed by atoms with Crippen LogP contribution in [-0.4, -0.2) is 76.4 Å². The molecule has 4 atom stereocenters. The van der Waals surface area contributed by atoms with Crippen LogP contribution >= 0.6 is 11.8 Å². The Labute approximate surface area is 195 Å². The summed E-state index contributed by atoms with van der Waals surface area (Å²) in [6, 6.07) is -3.22. The van der Waals surface area contributed by atoms with Crippen LogP contribution in [0.1, 0.15) is 59.8 Å². The van der Waals surface area contributed by atoms with Gasteiger partial charge in [0.2, 0.25) is 17.7 Å². The molecule has 1 fully saturated rings. The Morgan fingerprint density at radius 3 is 2.19 bits per heavy atom. The molecular weight excluding hydrogens is 432 g/mol. The number of nitrogens with one attached hydrogen (secondary N) is 2. The fourth-order valence-electron chi connectivity index (χ4n) is 3.82. The third kappa shape index (κ3) is 8.97. The molecule has 1 aliphatic rings. The Bertz CT molecular complexity index is 658. The highest BCUT2D eigenvalue weighted by molar-refractivity contribution is 7.98. The van der Waals surface area contributed by atoms with Crippen LogP contribution in [0.15, 0.2) is 0 Å². The van der Waals surface area contributed by atoms with Gasteiger partial charge in [0.1, 0.15) is 18.1 Å².